The van der Waals surface area contributed by atoms with Gasteiger partial charge in [0.05, 0.1) is 6.54 Å². The molecule has 5 nitrogen and oxygen atoms in total. The standard InChI is InChI=1S/C12H17N3O2/c1-9-2-3-10(13)8-11(9)17-7-6-15-5-4-14-12(15)16/h2-3,8H,4-7,13H2,1H3,(H,14,16). The number of hydrogen-bond acceptors (Lipinski definition) is 3. The second-order valence-electron chi connectivity index (χ2n) is 4.09. The van der Waals surface area contributed by atoms with Crippen molar-refractivity contribution < 1.29 is 9.53 Å². The Morgan fingerprint density at radius 2 is 2.35 bits per heavy atom. The van der Waals surface area contributed by atoms with E-state index in [-0.39, 0.29) is 6.03 Å². The zero-order chi connectivity index (χ0) is 12.3. The molecular weight excluding hydrogens is 218 g/mol. The summed E-state index contributed by atoms with van der Waals surface area (Å²) in [6, 6.07) is 5.56. The van der Waals surface area contributed by atoms with Gasteiger partial charge in [-0.05, 0) is 18.6 Å². The molecule has 1 aromatic rings. The molecule has 0 unspecified atom stereocenters. The molecule has 1 heterocycles. The highest BCUT2D eigenvalue weighted by Crippen LogP contribution is 2.20. The number of amides is 2. The minimum Gasteiger partial charge on any atom is -0.491 e. The summed E-state index contributed by atoms with van der Waals surface area (Å²) in [6.45, 7) is 4.52. The zero-order valence-corrected chi connectivity index (χ0v) is 9.90. The van der Waals surface area contributed by atoms with Crippen LogP contribution in [0.4, 0.5) is 10.5 Å². The van der Waals surface area contributed by atoms with E-state index in [1.807, 2.05) is 19.1 Å². The van der Waals surface area contributed by atoms with Gasteiger partial charge in [0.15, 0.2) is 0 Å². The Hall–Kier alpha value is -1.91. The number of nitrogens with zero attached hydrogens (tertiary/aromatic N) is 1. The van der Waals surface area contributed by atoms with Crippen molar-refractivity contribution in [2.24, 2.45) is 0 Å². The molecule has 1 aromatic carbocycles. The van der Waals surface area contributed by atoms with E-state index in [9.17, 15) is 4.79 Å². The van der Waals surface area contributed by atoms with Crippen molar-refractivity contribution in [1.29, 1.82) is 0 Å². The molecule has 1 fully saturated rings. The third kappa shape index (κ3) is 2.81. The number of nitrogens with one attached hydrogen (secondary N) is 1. The van der Waals surface area contributed by atoms with Crippen LogP contribution in [0.5, 0.6) is 5.75 Å². The molecule has 1 saturated heterocycles. The summed E-state index contributed by atoms with van der Waals surface area (Å²) in [7, 11) is 0. The number of anilines is 1. The van der Waals surface area contributed by atoms with E-state index < -0.39 is 0 Å². The number of carbonyl (C=O) groups is 1. The van der Waals surface area contributed by atoms with Crippen molar-refractivity contribution in [2.45, 2.75) is 6.92 Å². The van der Waals surface area contributed by atoms with E-state index in [1.165, 1.54) is 0 Å². The first kappa shape index (κ1) is 11.6. The molecule has 0 atom stereocenters. The van der Waals surface area contributed by atoms with Gasteiger partial charge in [-0.3, -0.25) is 0 Å². The Balaban J connectivity index is 1.85. The fraction of sp³-hybridized carbons (Fsp3) is 0.417. The van der Waals surface area contributed by atoms with Crippen LogP contribution in [0.25, 0.3) is 0 Å². The van der Waals surface area contributed by atoms with Gasteiger partial charge in [-0.15, -0.1) is 0 Å². The van der Waals surface area contributed by atoms with Crippen LogP contribution in [0.1, 0.15) is 5.56 Å². The molecule has 92 valence electrons. The number of aryl methyl sites for hydroxylation is 1. The summed E-state index contributed by atoms with van der Waals surface area (Å²) in [5.41, 5.74) is 7.42. The average Bonchev–Trinajstić information content (AvgIpc) is 2.70. The molecule has 0 saturated carbocycles. The van der Waals surface area contributed by atoms with Gasteiger partial charge in [-0.1, -0.05) is 6.07 Å². The molecule has 1 aliphatic heterocycles. The lowest BCUT2D eigenvalue weighted by molar-refractivity contribution is 0.202. The van der Waals surface area contributed by atoms with Crippen molar-refractivity contribution >= 4 is 11.7 Å². The van der Waals surface area contributed by atoms with E-state index in [0.717, 1.165) is 24.4 Å². The van der Waals surface area contributed by atoms with Gasteiger partial charge in [0.2, 0.25) is 0 Å². The average molecular weight is 235 g/mol. The minimum atomic E-state index is -0.0158. The van der Waals surface area contributed by atoms with Crippen molar-refractivity contribution in [2.75, 3.05) is 32.0 Å². The third-order valence-corrected chi connectivity index (χ3v) is 2.78. The topological polar surface area (TPSA) is 67.6 Å². The fourth-order valence-electron chi connectivity index (χ4n) is 1.76. The van der Waals surface area contributed by atoms with Crippen molar-refractivity contribution in [1.82, 2.24) is 10.2 Å². The highest BCUT2D eigenvalue weighted by Gasteiger charge is 2.18. The van der Waals surface area contributed by atoms with E-state index in [2.05, 4.69) is 5.32 Å². The summed E-state index contributed by atoms with van der Waals surface area (Å²) >= 11 is 0. The maximum atomic E-state index is 11.3. The zero-order valence-electron chi connectivity index (χ0n) is 9.90. The lowest BCUT2D eigenvalue weighted by Gasteiger charge is -2.15. The Labute approximate surface area is 101 Å². The van der Waals surface area contributed by atoms with Crippen LogP contribution in [0.3, 0.4) is 0 Å². The van der Waals surface area contributed by atoms with Crippen molar-refractivity contribution in [3.63, 3.8) is 0 Å². The SMILES string of the molecule is Cc1ccc(N)cc1OCCN1CCNC1=O. The number of ether oxygens (including phenoxy) is 1. The summed E-state index contributed by atoms with van der Waals surface area (Å²) in [5.74, 6) is 0.782. The van der Waals surface area contributed by atoms with Gasteiger partial charge < -0.3 is 20.7 Å². The van der Waals surface area contributed by atoms with Crippen molar-refractivity contribution in [3.05, 3.63) is 23.8 Å². The first-order valence-corrected chi connectivity index (χ1v) is 5.68. The van der Waals surface area contributed by atoms with Gasteiger partial charge in [0.25, 0.3) is 0 Å². The number of hydrogen-bond donors (Lipinski definition) is 2. The first-order valence-electron chi connectivity index (χ1n) is 5.68. The van der Waals surface area contributed by atoms with Gasteiger partial charge in [0.1, 0.15) is 12.4 Å². The maximum Gasteiger partial charge on any atom is 0.317 e. The number of carbonyl (C=O) groups excluding carboxylic acids is 1. The van der Waals surface area contributed by atoms with E-state index in [1.54, 1.807) is 11.0 Å². The molecule has 0 spiro atoms. The Bertz CT molecular complexity index is 420. The summed E-state index contributed by atoms with van der Waals surface area (Å²) in [5, 5.41) is 2.75. The lowest BCUT2D eigenvalue weighted by Crippen LogP contribution is -2.31. The molecule has 2 rings (SSSR count). The normalized spacial score (nSPS) is 14.9. The molecule has 3 N–H and O–H groups in total. The highest BCUT2D eigenvalue weighted by molar-refractivity contribution is 5.76. The quantitative estimate of drug-likeness (QED) is 0.764. The van der Waals surface area contributed by atoms with Crippen LogP contribution in [-0.2, 0) is 0 Å². The van der Waals surface area contributed by atoms with Gasteiger partial charge in [-0.25, -0.2) is 4.79 Å². The minimum absolute atomic E-state index is 0.0158. The number of nitrogen functional groups attached to an aromatic ring is 1. The molecule has 0 aliphatic carbocycles. The first-order chi connectivity index (χ1) is 8.16. The Kier molecular flexibility index (Phi) is 3.37. The second kappa shape index (κ2) is 4.95. The predicted octanol–water partition coefficient (Wildman–Crippen LogP) is 0.981. The van der Waals surface area contributed by atoms with Crippen molar-refractivity contribution in [3.8, 4) is 5.75 Å². The number of benzene rings is 1. The number of urea groups is 1. The van der Waals surface area contributed by atoms with Gasteiger partial charge in [0, 0.05) is 24.8 Å². The number of nitrogens with two attached hydrogens (primary N) is 1. The monoisotopic (exact) mass is 235 g/mol. The van der Waals surface area contributed by atoms with Crippen LogP contribution < -0.4 is 15.8 Å². The fourth-order valence-corrected chi connectivity index (χ4v) is 1.76. The van der Waals surface area contributed by atoms with Crippen LogP contribution in [-0.4, -0.2) is 37.2 Å². The predicted molar refractivity (Wildman–Crippen MR) is 66.1 cm³/mol. The largest absolute Gasteiger partial charge is 0.491 e. The highest BCUT2D eigenvalue weighted by atomic mass is 16.5. The molecule has 0 bridgehead atoms. The van der Waals surface area contributed by atoms with Crippen LogP contribution in [0, 0.1) is 6.92 Å². The van der Waals surface area contributed by atoms with Crippen LogP contribution >= 0.6 is 0 Å². The van der Waals surface area contributed by atoms with Gasteiger partial charge >= 0.3 is 6.03 Å². The molecule has 1 aliphatic rings. The molecule has 5 heteroatoms. The van der Waals surface area contributed by atoms with E-state index in [4.69, 9.17) is 10.5 Å². The summed E-state index contributed by atoms with van der Waals surface area (Å²) < 4.78 is 5.63. The molecule has 17 heavy (non-hydrogen) atoms. The van der Waals surface area contributed by atoms with Crippen LogP contribution in [0.15, 0.2) is 18.2 Å². The summed E-state index contributed by atoms with van der Waals surface area (Å²) in [4.78, 5) is 13.0. The molecular formula is C12H17N3O2. The number of rotatable bonds is 4. The molecule has 0 aromatic heterocycles. The third-order valence-electron chi connectivity index (χ3n) is 2.78. The second-order valence-corrected chi connectivity index (χ2v) is 4.09. The smallest absolute Gasteiger partial charge is 0.317 e. The van der Waals surface area contributed by atoms with Gasteiger partial charge in [-0.2, -0.15) is 0 Å². The Morgan fingerprint density at radius 3 is 3.06 bits per heavy atom. The van der Waals surface area contributed by atoms with E-state index in [0.29, 0.717) is 18.8 Å². The lowest BCUT2D eigenvalue weighted by atomic mass is 10.2. The maximum absolute atomic E-state index is 11.3. The molecule has 0 radical (unpaired) electrons. The summed E-state index contributed by atoms with van der Waals surface area (Å²) in [6.07, 6.45) is 0. The van der Waals surface area contributed by atoms with Crippen LogP contribution in [0.2, 0.25) is 0 Å². The Morgan fingerprint density at radius 1 is 1.53 bits per heavy atom. The molecule has 2 amide bonds. The van der Waals surface area contributed by atoms with E-state index >= 15 is 0 Å².